The smallest absolute Gasteiger partial charge is 0.143 e. The van der Waals surface area contributed by atoms with E-state index in [9.17, 15) is 0 Å². The van der Waals surface area contributed by atoms with E-state index in [0.717, 1.165) is 30.9 Å². The molecule has 1 fully saturated rings. The molecular weight excluding hydrogens is 266 g/mol. The predicted octanol–water partition coefficient (Wildman–Crippen LogP) is 3.34. The Kier molecular flexibility index (Phi) is 4.77. The summed E-state index contributed by atoms with van der Waals surface area (Å²) < 4.78 is 16.1. The van der Waals surface area contributed by atoms with Gasteiger partial charge >= 0.3 is 0 Å². The van der Waals surface area contributed by atoms with Crippen molar-refractivity contribution in [3.8, 4) is 11.5 Å². The molecule has 2 rings (SSSR count). The summed E-state index contributed by atoms with van der Waals surface area (Å²) in [5.74, 6) is 1.37. The van der Waals surface area contributed by atoms with Crippen molar-refractivity contribution >= 4 is 17.3 Å². The lowest BCUT2D eigenvalue weighted by Gasteiger charge is -2.36. The fourth-order valence-electron chi connectivity index (χ4n) is 2.25. The number of halogens is 1. The number of rotatable bonds is 6. The minimum absolute atomic E-state index is 0.377. The Labute approximate surface area is 119 Å². The van der Waals surface area contributed by atoms with Gasteiger partial charge in [-0.05, 0) is 19.8 Å². The molecule has 1 aromatic rings. The third kappa shape index (κ3) is 3.25. The molecule has 0 unspecified atom stereocenters. The van der Waals surface area contributed by atoms with Gasteiger partial charge in [-0.15, -0.1) is 0 Å². The average molecular weight is 286 g/mol. The first-order chi connectivity index (χ1) is 9.17. The molecule has 1 N–H and O–H groups in total. The molecule has 0 radical (unpaired) electrons. The van der Waals surface area contributed by atoms with Gasteiger partial charge in [0.2, 0.25) is 0 Å². The van der Waals surface area contributed by atoms with Gasteiger partial charge in [0.25, 0.3) is 0 Å². The first kappa shape index (κ1) is 14.3. The molecule has 0 aromatic heterocycles. The van der Waals surface area contributed by atoms with Crippen LogP contribution in [-0.2, 0) is 4.74 Å². The lowest BCUT2D eigenvalue weighted by atomic mass is 9.89. The Bertz CT molecular complexity index is 433. The van der Waals surface area contributed by atoms with E-state index in [4.69, 9.17) is 25.8 Å². The van der Waals surface area contributed by atoms with E-state index in [1.165, 1.54) is 0 Å². The second kappa shape index (κ2) is 6.35. The summed E-state index contributed by atoms with van der Waals surface area (Å²) in [6.45, 7) is 2.79. The van der Waals surface area contributed by atoms with Crippen LogP contribution in [0.25, 0.3) is 0 Å². The first-order valence-electron chi connectivity index (χ1n) is 6.47. The SMILES string of the molecule is CCOC1CC(Nc2cc(OC)c(Cl)cc2OC)C1. The molecule has 1 aliphatic carbocycles. The second-order valence-electron chi connectivity index (χ2n) is 4.58. The molecule has 0 saturated heterocycles. The van der Waals surface area contributed by atoms with Crippen molar-refractivity contribution in [2.75, 3.05) is 26.1 Å². The van der Waals surface area contributed by atoms with Crippen molar-refractivity contribution in [2.24, 2.45) is 0 Å². The molecule has 0 heterocycles. The zero-order valence-corrected chi connectivity index (χ0v) is 12.3. The minimum Gasteiger partial charge on any atom is -0.495 e. The van der Waals surface area contributed by atoms with Crippen molar-refractivity contribution in [1.82, 2.24) is 0 Å². The van der Waals surface area contributed by atoms with E-state index in [1.807, 2.05) is 13.0 Å². The van der Waals surface area contributed by atoms with E-state index >= 15 is 0 Å². The van der Waals surface area contributed by atoms with E-state index in [1.54, 1.807) is 20.3 Å². The van der Waals surface area contributed by atoms with Crippen LogP contribution in [0.15, 0.2) is 12.1 Å². The van der Waals surface area contributed by atoms with E-state index in [2.05, 4.69) is 5.32 Å². The van der Waals surface area contributed by atoms with Gasteiger partial charge < -0.3 is 19.5 Å². The van der Waals surface area contributed by atoms with Crippen LogP contribution in [0.1, 0.15) is 19.8 Å². The molecule has 19 heavy (non-hydrogen) atoms. The van der Waals surface area contributed by atoms with Crippen molar-refractivity contribution < 1.29 is 14.2 Å². The van der Waals surface area contributed by atoms with Crippen molar-refractivity contribution in [2.45, 2.75) is 31.9 Å². The van der Waals surface area contributed by atoms with E-state index < -0.39 is 0 Å². The largest absolute Gasteiger partial charge is 0.495 e. The maximum absolute atomic E-state index is 6.08. The molecule has 1 aliphatic rings. The highest BCUT2D eigenvalue weighted by Gasteiger charge is 2.30. The summed E-state index contributed by atoms with van der Waals surface area (Å²) in [7, 11) is 3.24. The predicted molar refractivity (Wildman–Crippen MR) is 76.6 cm³/mol. The number of anilines is 1. The number of benzene rings is 1. The lowest BCUT2D eigenvalue weighted by molar-refractivity contribution is 0.00295. The summed E-state index contributed by atoms with van der Waals surface area (Å²) in [5, 5.41) is 3.99. The van der Waals surface area contributed by atoms with Crippen LogP contribution in [0.2, 0.25) is 5.02 Å². The summed E-state index contributed by atoms with van der Waals surface area (Å²) in [6.07, 6.45) is 2.41. The van der Waals surface area contributed by atoms with Gasteiger partial charge in [0, 0.05) is 24.8 Å². The van der Waals surface area contributed by atoms with Gasteiger partial charge in [0.15, 0.2) is 0 Å². The molecule has 106 valence electrons. The lowest BCUT2D eigenvalue weighted by Crippen LogP contribution is -2.40. The van der Waals surface area contributed by atoms with Crippen LogP contribution in [0.3, 0.4) is 0 Å². The van der Waals surface area contributed by atoms with Crippen LogP contribution < -0.4 is 14.8 Å². The van der Waals surface area contributed by atoms with Crippen LogP contribution in [0.5, 0.6) is 11.5 Å². The minimum atomic E-state index is 0.377. The summed E-state index contributed by atoms with van der Waals surface area (Å²) in [5.41, 5.74) is 0.906. The summed E-state index contributed by atoms with van der Waals surface area (Å²) in [4.78, 5) is 0. The van der Waals surface area contributed by atoms with Crippen molar-refractivity contribution in [3.05, 3.63) is 17.2 Å². The summed E-state index contributed by atoms with van der Waals surface area (Å²) in [6, 6.07) is 4.05. The maximum atomic E-state index is 6.08. The fraction of sp³-hybridized carbons (Fsp3) is 0.571. The van der Waals surface area contributed by atoms with Gasteiger partial charge in [0.05, 0.1) is 31.0 Å². The third-order valence-electron chi connectivity index (χ3n) is 3.33. The first-order valence-corrected chi connectivity index (χ1v) is 6.85. The second-order valence-corrected chi connectivity index (χ2v) is 4.98. The van der Waals surface area contributed by atoms with Gasteiger partial charge in [0.1, 0.15) is 11.5 Å². The number of hydrogen-bond donors (Lipinski definition) is 1. The maximum Gasteiger partial charge on any atom is 0.143 e. The molecule has 1 saturated carbocycles. The van der Waals surface area contributed by atoms with Crippen LogP contribution >= 0.6 is 11.6 Å². The van der Waals surface area contributed by atoms with Gasteiger partial charge in [-0.25, -0.2) is 0 Å². The van der Waals surface area contributed by atoms with Crippen LogP contribution in [-0.4, -0.2) is 33.0 Å². The number of ether oxygens (including phenoxy) is 3. The Morgan fingerprint density at radius 1 is 1.21 bits per heavy atom. The zero-order valence-electron chi connectivity index (χ0n) is 11.5. The Morgan fingerprint density at radius 2 is 1.89 bits per heavy atom. The van der Waals surface area contributed by atoms with E-state index in [0.29, 0.717) is 22.9 Å². The number of nitrogens with one attached hydrogen (secondary N) is 1. The molecule has 0 bridgehead atoms. The molecule has 0 amide bonds. The average Bonchev–Trinajstić information content (AvgIpc) is 2.37. The Morgan fingerprint density at radius 3 is 2.47 bits per heavy atom. The molecule has 0 aliphatic heterocycles. The molecule has 0 spiro atoms. The quantitative estimate of drug-likeness (QED) is 0.870. The summed E-state index contributed by atoms with van der Waals surface area (Å²) >= 11 is 6.08. The van der Waals surface area contributed by atoms with Crippen LogP contribution in [0, 0.1) is 0 Å². The van der Waals surface area contributed by atoms with Crippen molar-refractivity contribution in [3.63, 3.8) is 0 Å². The zero-order chi connectivity index (χ0) is 13.8. The van der Waals surface area contributed by atoms with Gasteiger partial charge in [-0.2, -0.15) is 0 Å². The van der Waals surface area contributed by atoms with Gasteiger partial charge in [-0.1, -0.05) is 11.6 Å². The number of methoxy groups -OCH3 is 2. The van der Waals surface area contributed by atoms with Crippen molar-refractivity contribution in [1.29, 1.82) is 0 Å². The van der Waals surface area contributed by atoms with Crippen LogP contribution in [0.4, 0.5) is 5.69 Å². The Hall–Kier alpha value is -1.13. The van der Waals surface area contributed by atoms with Gasteiger partial charge in [-0.3, -0.25) is 0 Å². The monoisotopic (exact) mass is 285 g/mol. The highest BCUT2D eigenvalue weighted by atomic mass is 35.5. The Balaban J connectivity index is 2.03. The third-order valence-corrected chi connectivity index (χ3v) is 3.63. The highest BCUT2D eigenvalue weighted by molar-refractivity contribution is 6.32. The fourth-order valence-corrected chi connectivity index (χ4v) is 2.48. The molecule has 4 nitrogen and oxygen atoms in total. The number of hydrogen-bond acceptors (Lipinski definition) is 4. The molecule has 5 heteroatoms. The normalized spacial score (nSPS) is 21.7. The molecule has 1 aromatic carbocycles. The highest BCUT2D eigenvalue weighted by Crippen LogP contribution is 2.38. The molecular formula is C14H20ClNO3. The standard InChI is InChI=1S/C14H20ClNO3/c1-4-19-10-5-9(6-10)16-12-8-13(17-2)11(15)7-14(12)18-3/h7-10,16H,4-6H2,1-3H3. The van der Waals surface area contributed by atoms with E-state index in [-0.39, 0.29) is 0 Å². The molecule has 0 atom stereocenters. The topological polar surface area (TPSA) is 39.7 Å².